The van der Waals surface area contributed by atoms with Crippen molar-refractivity contribution in [2.75, 3.05) is 26.9 Å². The molecule has 0 saturated carbocycles. The molecule has 0 amide bonds. The van der Waals surface area contributed by atoms with Gasteiger partial charge in [-0.3, -0.25) is 4.79 Å². The SMILES string of the molecule is C=C1C[C@H](CCC2OCCO2)O[C@H]1CC[C@H]1C[C@@H](C)C(=C)[C@@H](C[C@@H]2O[C@H](CC(CO[Si](C)(C)C(C)(C)C)O[Si](C)(C)C(C)(C)C)[C@H](OC)[C@H]2CC(=O)C(c2cc([SH](=O)=O)ccc2CC)[C@H]2CC[C@@H]3O[C@@H](C(/C=C/I)O[Si](C)(C)C(C)(C)C)C(O[Si](C)(C)C(C)(C)C)C(O[Si](C)(C)C(C)(C)C)[C@H]3O2)O1. The van der Waals surface area contributed by atoms with Gasteiger partial charge in [0.25, 0.3) is 0 Å². The van der Waals surface area contributed by atoms with E-state index in [9.17, 15) is 8.42 Å². The lowest BCUT2D eigenvalue weighted by molar-refractivity contribution is -0.268. The molecule has 0 N–H and O–H groups in total. The summed E-state index contributed by atoms with van der Waals surface area (Å²) in [7, 11) is -13.8. The summed E-state index contributed by atoms with van der Waals surface area (Å²) < 4.78 is 122. The second-order valence-electron chi connectivity index (χ2n) is 38.9. The lowest BCUT2D eigenvalue weighted by Crippen LogP contribution is -2.69. The molecule has 1 aromatic carbocycles. The Morgan fingerprint density at radius 1 is 0.670 bits per heavy atom. The van der Waals surface area contributed by atoms with Crippen LogP contribution in [0.5, 0.6) is 0 Å². The summed E-state index contributed by atoms with van der Waals surface area (Å²) in [5.41, 5.74) is 3.65. The van der Waals surface area contributed by atoms with Crippen molar-refractivity contribution in [2.45, 2.75) is 394 Å². The highest BCUT2D eigenvalue weighted by Crippen LogP contribution is 2.51. The molecule has 0 aliphatic carbocycles. The summed E-state index contributed by atoms with van der Waals surface area (Å²) in [5, 5.41) is -0.640. The van der Waals surface area contributed by atoms with Crippen LogP contribution in [-0.4, -0.2) is 181 Å². The molecule has 6 fully saturated rings. The molecule has 6 aliphatic rings. The Hall–Kier alpha value is -0.646. The van der Waals surface area contributed by atoms with Crippen LogP contribution in [0.2, 0.25) is 90.7 Å². The molecule has 0 aromatic heterocycles. The van der Waals surface area contributed by atoms with Gasteiger partial charge in [0, 0.05) is 38.7 Å². The van der Waals surface area contributed by atoms with Crippen LogP contribution in [0.1, 0.15) is 205 Å². The number of carbonyl (C=O) groups is 1. The van der Waals surface area contributed by atoms with Crippen molar-refractivity contribution in [1.82, 2.24) is 0 Å². The van der Waals surface area contributed by atoms with E-state index in [0.29, 0.717) is 57.5 Å². The third-order valence-electron chi connectivity index (χ3n) is 26.3. The van der Waals surface area contributed by atoms with Crippen molar-refractivity contribution >= 4 is 80.7 Å². The highest BCUT2D eigenvalue weighted by Gasteiger charge is 2.60. The fourth-order valence-electron chi connectivity index (χ4n) is 14.5. The number of ether oxygens (including phenoxy) is 8. The predicted octanol–water partition coefficient (Wildman–Crippen LogP) is 19.3. The van der Waals surface area contributed by atoms with Crippen LogP contribution in [0, 0.1) is 11.8 Å². The Morgan fingerprint density at radius 2 is 1.23 bits per heavy atom. The van der Waals surface area contributed by atoms with Gasteiger partial charge in [0.1, 0.15) is 30.2 Å². The first-order valence-electron chi connectivity index (χ1n) is 39.1. The Morgan fingerprint density at radius 3 is 1.79 bits per heavy atom. The van der Waals surface area contributed by atoms with Gasteiger partial charge in [-0.2, -0.15) is 0 Å². The number of thiol groups is 1. The topological polar surface area (TPSA) is 171 Å². The molecule has 0 radical (unpaired) electrons. The number of methoxy groups -OCH3 is 1. The van der Waals surface area contributed by atoms with Crippen LogP contribution in [0.25, 0.3) is 0 Å². The Labute approximate surface area is 645 Å². The lowest BCUT2D eigenvalue weighted by Gasteiger charge is -2.56. The van der Waals surface area contributed by atoms with E-state index in [1.807, 2.05) is 10.1 Å². The fraction of sp³-hybridized carbons (Fsp3) is 0.838. The maximum absolute atomic E-state index is 17.0. The normalized spacial score (nSPS) is 30.4. The van der Waals surface area contributed by atoms with Crippen LogP contribution in [0.3, 0.4) is 0 Å². The number of carbonyl (C=O) groups excluding carboxylic acids is 1. The summed E-state index contributed by atoms with van der Waals surface area (Å²) in [5.74, 6) is -1.33. The van der Waals surface area contributed by atoms with Gasteiger partial charge in [-0.25, -0.2) is 8.42 Å². The van der Waals surface area contributed by atoms with Gasteiger partial charge in [0.05, 0.1) is 97.8 Å². The molecule has 0 spiro atoms. The van der Waals surface area contributed by atoms with Crippen molar-refractivity contribution in [3.05, 3.63) is 63.8 Å². The van der Waals surface area contributed by atoms with Crippen molar-refractivity contribution in [3.63, 3.8) is 0 Å². The van der Waals surface area contributed by atoms with Crippen LogP contribution in [0.4, 0.5) is 0 Å². The summed E-state index contributed by atoms with van der Waals surface area (Å²) in [4.78, 5) is 17.1. The maximum atomic E-state index is 17.0. The molecule has 7 rings (SSSR count). The number of aryl methyl sites for hydroxylation is 1. The highest BCUT2D eigenvalue weighted by molar-refractivity contribution is 14.1. The average Bonchev–Trinajstić information content (AvgIpc) is 1.19. The number of rotatable bonds is 31. The van der Waals surface area contributed by atoms with Gasteiger partial charge in [0.2, 0.25) is 0 Å². The average molecular weight is 1660 g/mol. The van der Waals surface area contributed by atoms with Gasteiger partial charge in [-0.1, -0.05) is 160 Å². The van der Waals surface area contributed by atoms with Crippen molar-refractivity contribution < 1.29 is 73.2 Å². The van der Waals surface area contributed by atoms with Crippen LogP contribution in [-0.2, 0) is 81.9 Å². The molecule has 6 aliphatic heterocycles. The maximum Gasteiger partial charge on any atom is 0.193 e. The van der Waals surface area contributed by atoms with Crippen LogP contribution < -0.4 is 0 Å². The first-order valence-corrected chi connectivity index (χ1v) is 56.1. The minimum absolute atomic E-state index is 0.0393. The number of hydrogen-bond acceptors (Lipinski definition) is 16. The van der Waals surface area contributed by atoms with Crippen molar-refractivity contribution in [2.24, 2.45) is 11.8 Å². The lowest BCUT2D eigenvalue weighted by atomic mass is 9.76. The highest BCUT2D eigenvalue weighted by atomic mass is 127. The number of Topliss-reactive ketones (excluding diaryl/α,β-unsaturated/α-hetero) is 1. The zero-order chi connectivity index (χ0) is 77.3. The largest absolute Gasteiger partial charge is 0.414 e. The molecule has 103 heavy (non-hydrogen) atoms. The number of ketones is 1. The monoisotopic (exact) mass is 1660 g/mol. The summed E-state index contributed by atoms with van der Waals surface area (Å²) >= 11 is 2.31. The van der Waals surface area contributed by atoms with E-state index in [-0.39, 0.29) is 85.0 Å². The van der Waals surface area contributed by atoms with E-state index in [2.05, 4.69) is 218 Å². The molecule has 6 saturated heterocycles. The standard InChI is InChI=1S/C80H143IO16SSi5/c1-31-54-32-35-58(98(83)84)47-59(54)70(63-37-38-64-72(92-63)74(96-102(27,28)79(14,15)16)75(97-103(29,30)80(17,18)19)73(93-64)65(40-41-81)95-101(25,26)78(11,12)13)61(82)48-60-67(91-68(71(60)85-20)46-57(94-100(23,24)77(8,9)10)50-88-99(21,22)76(5,6)7)49-66-53(4)51(2)44-55(90-66)33-36-62-52(3)45-56(89-62)34-39-69-86-42-43-87-69/h32,35,40-41,47,51,55-57,60,62-75,98H,3-4,31,33-34,36-39,42-46,48-50H2,1-2,5-30H3/b41-40+/t51-,55+,56+,57?,60+,62+,63-,64+,65?,66-,67+,68-,70?,71-,72+,73+,74?,75?/m1/s1. The van der Waals surface area contributed by atoms with Crippen molar-refractivity contribution in [1.29, 1.82) is 0 Å². The van der Waals surface area contributed by atoms with Gasteiger partial charge < -0.3 is 60.0 Å². The third kappa shape index (κ3) is 22.2. The minimum atomic E-state index is -3.03. The summed E-state index contributed by atoms with van der Waals surface area (Å²) in [6.45, 7) is 72.1. The molecule has 16 nitrogen and oxygen atoms in total. The van der Waals surface area contributed by atoms with E-state index in [0.717, 1.165) is 55.2 Å². The molecule has 0 bridgehead atoms. The van der Waals surface area contributed by atoms with E-state index in [1.165, 1.54) is 0 Å². The van der Waals surface area contributed by atoms with Gasteiger partial charge >= 0.3 is 0 Å². The van der Waals surface area contributed by atoms with Gasteiger partial charge in [-0.05, 0) is 193 Å². The van der Waals surface area contributed by atoms with E-state index < -0.39 is 125 Å². The Bertz CT molecular complexity index is 3090. The smallest absolute Gasteiger partial charge is 0.193 e. The van der Waals surface area contributed by atoms with E-state index >= 15 is 4.79 Å². The third-order valence-corrected chi connectivity index (χ3v) is 49.8. The van der Waals surface area contributed by atoms with Gasteiger partial charge in [-0.15, -0.1) is 0 Å². The number of benzene rings is 1. The second-order valence-corrected chi connectivity index (χ2v) is 64.4. The molecule has 23 heteroatoms. The van der Waals surface area contributed by atoms with E-state index in [4.69, 9.17) is 66.6 Å². The van der Waals surface area contributed by atoms with Crippen molar-refractivity contribution in [3.8, 4) is 0 Å². The molecule has 5 unspecified atom stereocenters. The first kappa shape index (κ1) is 89.6. The zero-order valence-electron chi connectivity index (χ0n) is 69.2. The second kappa shape index (κ2) is 35.2. The molecule has 18 atom stereocenters. The van der Waals surface area contributed by atoms with Crippen LogP contribution >= 0.6 is 22.6 Å². The van der Waals surface area contributed by atoms with Gasteiger partial charge in [0.15, 0.2) is 58.6 Å². The molecule has 6 heterocycles. The molecule has 1 aromatic rings. The molecule has 592 valence electrons. The number of hydrogen-bond donors (Lipinski definition) is 1. The summed E-state index contributed by atoms with van der Waals surface area (Å²) in [6.07, 6.45) is 2.72. The quantitative estimate of drug-likeness (QED) is 0.0322. The Kier molecular flexibility index (Phi) is 30.6. The number of halogens is 1. The zero-order valence-corrected chi connectivity index (χ0v) is 77.3. The molecular formula is C80H143IO16SSi5. The van der Waals surface area contributed by atoms with E-state index in [1.54, 1.807) is 19.2 Å². The fourth-order valence-corrected chi connectivity index (χ4v) is 21.6. The number of fused-ring (bicyclic) bond motifs is 1. The molecular weight excluding hydrogens is 1520 g/mol. The summed E-state index contributed by atoms with van der Waals surface area (Å²) in [6, 6.07) is 5.28. The minimum Gasteiger partial charge on any atom is -0.414 e. The first-order chi connectivity index (χ1) is 47.3. The Balaban J connectivity index is 1.33. The predicted molar refractivity (Wildman–Crippen MR) is 438 cm³/mol. The van der Waals surface area contributed by atoms with Crippen LogP contribution in [0.15, 0.2) is 57.6 Å².